The lowest BCUT2D eigenvalue weighted by molar-refractivity contribution is 0.536. The monoisotopic (exact) mass is 273 g/mol. The molecule has 0 saturated heterocycles. The van der Waals surface area contributed by atoms with Gasteiger partial charge in [0.05, 0.1) is 6.20 Å². The standard InChI is InChI=1S/C16H20FN3/c1-20-11-12(9-19-20)8-13(10-18-14-6-7-14)15-4-2-3-5-16(15)17/h2-5,9,11,13-14,18H,6-8,10H2,1H3. The number of aryl methyl sites for hydroxylation is 1. The van der Waals surface area contributed by atoms with Gasteiger partial charge in [-0.15, -0.1) is 0 Å². The molecule has 3 nitrogen and oxygen atoms in total. The summed E-state index contributed by atoms with van der Waals surface area (Å²) in [6, 6.07) is 7.73. The molecule has 20 heavy (non-hydrogen) atoms. The maximum Gasteiger partial charge on any atom is 0.126 e. The maximum absolute atomic E-state index is 14.0. The summed E-state index contributed by atoms with van der Waals surface area (Å²) in [5, 5.41) is 7.71. The van der Waals surface area contributed by atoms with Crippen molar-refractivity contribution < 1.29 is 4.39 Å². The van der Waals surface area contributed by atoms with Gasteiger partial charge in [0.1, 0.15) is 5.82 Å². The number of aromatic nitrogens is 2. The van der Waals surface area contributed by atoms with E-state index in [-0.39, 0.29) is 11.7 Å². The molecule has 4 heteroatoms. The van der Waals surface area contributed by atoms with Crippen LogP contribution in [-0.4, -0.2) is 22.4 Å². The smallest absolute Gasteiger partial charge is 0.126 e. The summed E-state index contributed by atoms with van der Waals surface area (Å²) < 4.78 is 15.8. The Morgan fingerprint density at radius 3 is 2.85 bits per heavy atom. The first-order chi connectivity index (χ1) is 9.72. The lowest BCUT2D eigenvalue weighted by Gasteiger charge is -2.18. The Kier molecular flexibility index (Phi) is 3.83. The molecule has 1 unspecified atom stereocenters. The lowest BCUT2D eigenvalue weighted by Crippen LogP contribution is -2.25. The summed E-state index contributed by atoms with van der Waals surface area (Å²) >= 11 is 0. The number of rotatable bonds is 6. The first-order valence-electron chi connectivity index (χ1n) is 7.17. The Morgan fingerprint density at radius 2 is 2.20 bits per heavy atom. The van der Waals surface area contributed by atoms with Crippen LogP contribution in [0.1, 0.15) is 29.9 Å². The van der Waals surface area contributed by atoms with E-state index >= 15 is 0 Å². The zero-order valence-corrected chi connectivity index (χ0v) is 11.7. The molecule has 1 atom stereocenters. The number of hydrogen-bond acceptors (Lipinski definition) is 2. The first-order valence-corrected chi connectivity index (χ1v) is 7.17. The molecule has 1 aromatic carbocycles. The highest BCUT2D eigenvalue weighted by atomic mass is 19.1. The minimum absolute atomic E-state index is 0.112. The summed E-state index contributed by atoms with van der Waals surface area (Å²) in [6.07, 6.45) is 7.18. The van der Waals surface area contributed by atoms with Gasteiger partial charge in [-0.2, -0.15) is 5.10 Å². The van der Waals surface area contributed by atoms with Gasteiger partial charge in [0.2, 0.25) is 0 Å². The molecule has 0 radical (unpaired) electrons. The Morgan fingerprint density at radius 1 is 1.40 bits per heavy atom. The van der Waals surface area contributed by atoms with E-state index in [4.69, 9.17) is 0 Å². The summed E-state index contributed by atoms with van der Waals surface area (Å²) in [6.45, 7) is 0.820. The predicted molar refractivity (Wildman–Crippen MR) is 77.1 cm³/mol. The van der Waals surface area contributed by atoms with Gasteiger partial charge in [0, 0.05) is 31.7 Å². The third-order valence-electron chi connectivity index (χ3n) is 3.82. The van der Waals surface area contributed by atoms with E-state index in [1.165, 1.54) is 12.8 Å². The zero-order chi connectivity index (χ0) is 13.9. The van der Waals surface area contributed by atoms with Crippen molar-refractivity contribution in [1.82, 2.24) is 15.1 Å². The molecular weight excluding hydrogens is 253 g/mol. The normalized spacial score (nSPS) is 16.3. The van der Waals surface area contributed by atoms with Crippen LogP contribution >= 0.6 is 0 Å². The van der Waals surface area contributed by atoms with Crippen LogP contribution in [0.5, 0.6) is 0 Å². The van der Waals surface area contributed by atoms with Crippen molar-refractivity contribution in [3.63, 3.8) is 0 Å². The van der Waals surface area contributed by atoms with E-state index in [1.807, 2.05) is 31.6 Å². The highest BCUT2D eigenvalue weighted by Gasteiger charge is 2.23. The molecule has 106 valence electrons. The van der Waals surface area contributed by atoms with E-state index in [1.54, 1.807) is 16.8 Å². The average molecular weight is 273 g/mol. The van der Waals surface area contributed by atoms with Crippen LogP contribution in [0.4, 0.5) is 4.39 Å². The fraction of sp³-hybridized carbons (Fsp3) is 0.438. The molecule has 2 aromatic rings. The summed E-state index contributed by atoms with van der Waals surface area (Å²) in [4.78, 5) is 0. The fourth-order valence-corrected chi connectivity index (χ4v) is 2.56. The van der Waals surface area contributed by atoms with Gasteiger partial charge in [0.25, 0.3) is 0 Å². The summed E-state index contributed by atoms with van der Waals surface area (Å²) in [5.41, 5.74) is 1.95. The van der Waals surface area contributed by atoms with Crippen molar-refractivity contribution in [3.05, 3.63) is 53.6 Å². The molecule has 0 amide bonds. The van der Waals surface area contributed by atoms with Crippen LogP contribution in [0.3, 0.4) is 0 Å². The molecule has 1 saturated carbocycles. The lowest BCUT2D eigenvalue weighted by atomic mass is 9.92. The number of nitrogens with one attached hydrogen (secondary N) is 1. The van der Waals surface area contributed by atoms with Gasteiger partial charge in [-0.05, 0) is 36.5 Å². The summed E-state index contributed by atoms with van der Waals surface area (Å²) in [7, 11) is 1.91. The number of benzene rings is 1. The van der Waals surface area contributed by atoms with Crippen LogP contribution in [0.15, 0.2) is 36.7 Å². The van der Waals surface area contributed by atoms with Crippen LogP contribution in [0.25, 0.3) is 0 Å². The van der Waals surface area contributed by atoms with Crippen molar-refractivity contribution in [2.24, 2.45) is 7.05 Å². The SMILES string of the molecule is Cn1cc(CC(CNC2CC2)c2ccccc2F)cn1. The Labute approximate surface area is 118 Å². The second-order valence-electron chi connectivity index (χ2n) is 5.63. The Balaban J connectivity index is 1.77. The first kappa shape index (κ1) is 13.3. The summed E-state index contributed by atoms with van der Waals surface area (Å²) in [5.74, 6) is 0.0417. The Bertz CT molecular complexity index is 575. The fourth-order valence-electron chi connectivity index (χ4n) is 2.56. The third kappa shape index (κ3) is 3.25. The molecule has 0 spiro atoms. The van der Waals surface area contributed by atoms with Crippen molar-refractivity contribution >= 4 is 0 Å². The van der Waals surface area contributed by atoms with Crippen molar-refractivity contribution in [2.45, 2.75) is 31.2 Å². The van der Waals surface area contributed by atoms with Crippen molar-refractivity contribution in [3.8, 4) is 0 Å². The van der Waals surface area contributed by atoms with E-state index in [0.29, 0.717) is 6.04 Å². The maximum atomic E-state index is 14.0. The van der Waals surface area contributed by atoms with Crippen molar-refractivity contribution in [2.75, 3.05) is 6.54 Å². The minimum Gasteiger partial charge on any atom is -0.313 e. The van der Waals surface area contributed by atoms with E-state index in [9.17, 15) is 4.39 Å². The molecule has 0 aliphatic heterocycles. The van der Waals surface area contributed by atoms with E-state index in [2.05, 4.69) is 10.4 Å². The molecule has 0 bridgehead atoms. The molecule has 3 rings (SSSR count). The van der Waals surface area contributed by atoms with Gasteiger partial charge < -0.3 is 5.32 Å². The molecular formula is C16H20FN3. The van der Waals surface area contributed by atoms with Crippen LogP contribution in [-0.2, 0) is 13.5 Å². The van der Waals surface area contributed by atoms with Crippen molar-refractivity contribution in [1.29, 1.82) is 0 Å². The predicted octanol–water partition coefficient (Wildman–Crippen LogP) is 2.64. The second kappa shape index (κ2) is 5.75. The number of nitrogens with zero attached hydrogens (tertiary/aromatic N) is 2. The second-order valence-corrected chi connectivity index (χ2v) is 5.63. The molecule has 1 aromatic heterocycles. The van der Waals surface area contributed by atoms with Gasteiger partial charge >= 0.3 is 0 Å². The van der Waals surface area contributed by atoms with E-state index < -0.39 is 0 Å². The highest BCUT2D eigenvalue weighted by molar-refractivity contribution is 5.24. The van der Waals surface area contributed by atoms with Crippen LogP contribution in [0.2, 0.25) is 0 Å². The third-order valence-corrected chi connectivity index (χ3v) is 3.82. The van der Waals surface area contributed by atoms with Crippen LogP contribution < -0.4 is 5.32 Å². The minimum atomic E-state index is -0.112. The molecule has 1 heterocycles. The quantitative estimate of drug-likeness (QED) is 0.877. The molecule has 1 aliphatic rings. The topological polar surface area (TPSA) is 29.9 Å². The molecule has 1 N–H and O–H groups in total. The van der Waals surface area contributed by atoms with Gasteiger partial charge in [-0.1, -0.05) is 18.2 Å². The number of hydrogen-bond donors (Lipinski definition) is 1. The highest BCUT2D eigenvalue weighted by Crippen LogP contribution is 2.25. The van der Waals surface area contributed by atoms with Crippen LogP contribution in [0, 0.1) is 5.82 Å². The zero-order valence-electron chi connectivity index (χ0n) is 11.7. The van der Waals surface area contributed by atoms with Gasteiger partial charge in [-0.3, -0.25) is 4.68 Å². The van der Waals surface area contributed by atoms with Gasteiger partial charge in [-0.25, -0.2) is 4.39 Å². The Hall–Kier alpha value is -1.68. The van der Waals surface area contributed by atoms with E-state index in [0.717, 1.165) is 24.1 Å². The largest absolute Gasteiger partial charge is 0.313 e. The molecule has 1 fully saturated rings. The van der Waals surface area contributed by atoms with Gasteiger partial charge in [0.15, 0.2) is 0 Å². The molecule has 1 aliphatic carbocycles. The average Bonchev–Trinajstić information content (AvgIpc) is 3.18. The number of halogens is 1.